The van der Waals surface area contributed by atoms with Crippen LogP contribution >= 0.6 is 23.2 Å². The van der Waals surface area contributed by atoms with E-state index in [1.54, 1.807) is 42.5 Å². The Kier molecular flexibility index (Phi) is 4.19. The molecule has 2 aromatic carbocycles. The van der Waals surface area contributed by atoms with Crippen LogP contribution in [0.4, 0.5) is 0 Å². The minimum absolute atomic E-state index is 0.0764. The number of benzene rings is 2. The van der Waals surface area contributed by atoms with Crippen molar-refractivity contribution in [2.45, 2.75) is 0 Å². The van der Waals surface area contributed by atoms with Crippen LogP contribution in [-0.2, 0) is 0 Å². The summed E-state index contributed by atoms with van der Waals surface area (Å²) in [5.41, 5.74) is 1.50. The van der Waals surface area contributed by atoms with Crippen LogP contribution in [0.15, 0.2) is 54.6 Å². The normalized spacial score (nSPS) is 10.8. The molecule has 0 saturated carbocycles. The van der Waals surface area contributed by atoms with E-state index in [9.17, 15) is 4.79 Å². The Bertz CT molecular complexity index is 586. The van der Waals surface area contributed by atoms with Crippen LogP contribution in [0.2, 0.25) is 10.0 Å². The Balaban J connectivity index is 2.14. The monoisotopic (exact) mass is 276 g/mol. The number of ketones is 1. The second kappa shape index (κ2) is 5.85. The summed E-state index contributed by atoms with van der Waals surface area (Å²) in [6.07, 6.45) is 3.27. The highest BCUT2D eigenvalue weighted by atomic mass is 35.5. The lowest BCUT2D eigenvalue weighted by molar-refractivity contribution is 0.104. The summed E-state index contributed by atoms with van der Waals surface area (Å²) in [6, 6.07) is 14.1. The van der Waals surface area contributed by atoms with Crippen molar-refractivity contribution >= 4 is 35.1 Å². The molecular weight excluding hydrogens is 267 g/mol. The first-order valence-corrected chi connectivity index (χ1v) is 6.14. The second-order valence-corrected chi connectivity index (χ2v) is 4.63. The molecule has 0 bridgehead atoms. The van der Waals surface area contributed by atoms with Crippen molar-refractivity contribution < 1.29 is 4.79 Å². The molecule has 0 spiro atoms. The van der Waals surface area contributed by atoms with E-state index in [-0.39, 0.29) is 5.78 Å². The van der Waals surface area contributed by atoms with Crippen LogP contribution in [0, 0.1) is 0 Å². The fraction of sp³-hybridized carbons (Fsp3) is 0. The van der Waals surface area contributed by atoms with Crippen molar-refractivity contribution in [1.82, 2.24) is 0 Å². The zero-order valence-corrected chi connectivity index (χ0v) is 10.9. The maximum Gasteiger partial charge on any atom is 0.185 e. The van der Waals surface area contributed by atoms with Crippen molar-refractivity contribution in [1.29, 1.82) is 0 Å². The molecule has 90 valence electrons. The first-order chi connectivity index (χ1) is 8.65. The lowest BCUT2D eigenvalue weighted by atomic mass is 10.1. The standard InChI is InChI=1S/C15H10Cl2O/c16-13-7-4-11(5-8-13)6-9-15(18)12-2-1-3-14(17)10-12/h1-10H/b9-6+. The van der Waals surface area contributed by atoms with Gasteiger partial charge in [-0.15, -0.1) is 0 Å². The van der Waals surface area contributed by atoms with E-state index < -0.39 is 0 Å². The van der Waals surface area contributed by atoms with Crippen molar-refractivity contribution in [3.8, 4) is 0 Å². The van der Waals surface area contributed by atoms with Gasteiger partial charge in [0.25, 0.3) is 0 Å². The van der Waals surface area contributed by atoms with Gasteiger partial charge in [-0.3, -0.25) is 4.79 Å². The molecule has 0 unspecified atom stereocenters. The van der Waals surface area contributed by atoms with Crippen LogP contribution in [0.3, 0.4) is 0 Å². The third kappa shape index (κ3) is 3.46. The van der Waals surface area contributed by atoms with Gasteiger partial charge in [0.15, 0.2) is 5.78 Å². The summed E-state index contributed by atoms with van der Waals surface area (Å²) in [5.74, 6) is -0.0764. The van der Waals surface area contributed by atoms with Crippen LogP contribution in [0.1, 0.15) is 15.9 Å². The van der Waals surface area contributed by atoms with Crippen LogP contribution in [-0.4, -0.2) is 5.78 Å². The maximum absolute atomic E-state index is 11.9. The molecule has 0 heterocycles. The molecule has 0 atom stereocenters. The van der Waals surface area contributed by atoms with Crippen LogP contribution in [0.5, 0.6) is 0 Å². The average molecular weight is 277 g/mol. The predicted molar refractivity (Wildman–Crippen MR) is 76.3 cm³/mol. The molecule has 0 saturated heterocycles. The largest absolute Gasteiger partial charge is 0.289 e. The molecule has 0 amide bonds. The van der Waals surface area contributed by atoms with Crippen molar-refractivity contribution in [2.75, 3.05) is 0 Å². The summed E-state index contributed by atoms with van der Waals surface area (Å²) < 4.78 is 0. The highest BCUT2D eigenvalue weighted by Gasteiger charge is 2.01. The van der Waals surface area contributed by atoms with E-state index in [1.165, 1.54) is 6.08 Å². The molecule has 0 aliphatic carbocycles. The van der Waals surface area contributed by atoms with Crippen molar-refractivity contribution in [3.63, 3.8) is 0 Å². The third-order valence-corrected chi connectivity index (χ3v) is 2.89. The van der Waals surface area contributed by atoms with Gasteiger partial charge in [-0.05, 0) is 35.9 Å². The highest BCUT2D eigenvalue weighted by molar-refractivity contribution is 6.31. The van der Waals surface area contributed by atoms with Gasteiger partial charge in [-0.25, -0.2) is 0 Å². The lowest BCUT2D eigenvalue weighted by Gasteiger charge is -1.97. The Hall–Kier alpha value is -1.57. The summed E-state index contributed by atoms with van der Waals surface area (Å²) in [5, 5.41) is 1.23. The van der Waals surface area contributed by atoms with Crippen molar-refractivity contribution in [3.05, 3.63) is 75.8 Å². The van der Waals surface area contributed by atoms with Gasteiger partial charge in [-0.2, -0.15) is 0 Å². The molecule has 0 aliphatic heterocycles. The SMILES string of the molecule is O=C(/C=C/c1ccc(Cl)cc1)c1cccc(Cl)c1. The van der Waals surface area contributed by atoms with Crippen molar-refractivity contribution in [2.24, 2.45) is 0 Å². The second-order valence-electron chi connectivity index (χ2n) is 3.76. The number of hydrogen-bond donors (Lipinski definition) is 0. The fourth-order valence-electron chi connectivity index (χ4n) is 1.48. The van der Waals surface area contributed by atoms with E-state index in [4.69, 9.17) is 23.2 Å². The number of allylic oxidation sites excluding steroid dienone is 1. The first-order valence-electron chi connectivity index (χ1n) is 5.39. The number of hydrogen-bond acceptors (Lipinski definition) is 1. The molecule has 2 rings (SSSR count). The van der Waals surface area contributed by atoms with Gasteiger partial charge < -0.3 is 0 Å². The van der Waals surface area contributed by atoms with Gasteiger partial charge in [0.05, 0.1) is 0 Å². The minimum Gasteiger partial charge on any atom is -0.289 e. The number of rotatable bonds is 3. The van der Waals surface area contributed by atoms with E-state index >= 15 is 0 Å². The lowest BCUT2D eigenvalue weighted by Crippen LogP contribution is -1.93. The predicted octanol–water partition coefficient (Wildman–Crippen LogP) is 4.89. The molecule has 1 nitrogen and oxygen atoms in total. The van der Waals surface area contributed by atoms with E-state index in [0.717, 1.165) is 5.56 Å². The summed E-state index contributed by atoms with van der Waals surface area (Å²) in [7, 11) is 0. The number of halogens is 2. The van der Waals surface area contributed by atoms with E-state index in [1.807, 2.05) is 12.1 Å². The van der Waals surface area contributed by atoms with Crippen LogP contribution < -0.4 is 0 Å². The average Bonchev–Trinajstić information content (AvgIpc) is 2.38. The van der Waals surface area contributed by atoms with Gasteiger partial charge in [0.1, 0.15) is 0 Å². The molecule has 0 radical (unpaired) electrons. The topological polar surface area (TPSA) is 17.1 Å². The summed E-state index contributed by atoms with van der Waals surface area (Å²) in [4.78, 5) is 11.9. The van der Waals surface area contributed by atoms with Gasteiger partial charge >= 0.3 is 0 Å². The molecule has 18 heavy (non-hydrogen) atoms. The Labute approximate surface area is 116 Å². The molecule has 2 aromatic rings. The van der Waals surface area contributed by atoms with Gasteiger partial charge in [-0.1, -0.05) is 53.5 Å². The molecule has 0 aromatic heterocycles. The van der Waals surface area contributed by atoms with Gasteiger partial charge in [0.2, 0.25) is 0 Å². The maximum atomic E-state index is 11.9. The first kappa shape index (κ1) is 12.9. The Morgan fingerprint density at radius 2 is 1.67 bits per heavy atom. The Morgan fingerprint density at radius 1 is 0.944 bits per heavy atom. The third-order valence-electron chi connectivity index (χ3n) is 2.41. The quantitative estimate of drug-likeness (QED) is 0.576. The zero-order valence-electron chi connectivity index (χ0n) is 9.44. The smallest absolute Gasteiger partial charge is 0.185 e. The Morgan fingerprint density at radius 3 is 2.33 bits per heavy atom. The minimum atomic E-state index is -0.0764. The fourth-order valence-corrected chi connectivity index (χ4v) is 1.80. The zero-order chi connectivity index (χ0) is 13.0. The van der Waals surface area contributed by atoms with E-state index in [0.29, 0.717) is 15.6 Å². The highest BCUT2D eigenvalue weighted by Crippen LogP contribution is 2.13. The number of carbonyl (C=O) groups is 1. The van der Waals surface area contributed by atoms with Crippen LogP contribution in [0.25, 0.3) is 6.08 Å². The molecule has 0 N–H and O–H groups in total. The molecule has 0 fully saturated rings. The number of carbonyl (C=O) groups excluding carboxylic acids is 1. The molecule has 0 aliphatic rings. The van der Waals surface area contributed by atoms with E-state index in [2.05, 4.69) is 0 Å². The molecule has 3 heteroatoms. The van der Waals surface area contributed by atoms with Gasteiger partial charge in [0, 0.05) is 15.6 Å². The summed E-state index contributed by atoms with van der Waals surface area (Å²) >= 11 is 11.6. The molecular formula is C15H10Cl2O. The summed E-state index contributed by atoms with van der Waals surface area (Å²) in [6.45, 7) is 0.